The quantitative estimate of drug-likeness (QED) is 0.796. The minimum atomic E-state index is -0.456. The predicted molar refractivity (Wildman–Crippen MR) is 61.5 cm³/mol. The lowest BCUT2D eigenvalue weighted by Crippen LogP contribution is -2.29. The molecule has 0 saturated heterocycles. The molecular formula is C12H18F2N2. The van der Waals surface area contributed by atoms with Crippen LogP contribution in [0.25, 0.3) is 0 Å². The van der Waals surface area contributed by atoms with Crippen LogP contribution in [-0.4, -0.2) is 38.6 Å². The first kappa shape index (κ1) is 13.1. The Labute approximate surface area is 95.3 Å². The van der Waals surface area contributed by atoms with E-state index in [0.29, 0.717) is 13.0 Å². The summed E-state index contributed by atoms with van der Waals surface area (Å²) in [6.45, 7) is 2.39. The van der Waals surface area contributed by atoms with E-state index in [1.165, 1.54) is 18.2 Å². The SMILES string of the molecule is CNCCN(C)CCc1c(F)cccc1F. The Morgan fingerprint density at radius 1 is 1.19 bits per heavy atom. The Balaban J connectivity index is 2.48. The smallest absolute Gasteiger partial charge is 0.129 e. The lowest BCUT2D eigenvalue weighted by atomic mass is 10.1. The molecule has 0 aromatic heterocycles. The first-order valence-electron chi connectivity index (χ1n) is 5.41. The second-order valence-corrected chi connectivity index (χ2v) is 3.86. The fraction of sp³-hybridized carbons (Fsp3) is 0.500. The highest BCUT2D eigenvalue weighted by atomic mass is 19.1. The molecule has 0 aliphatic heterocycles. The number of hydrogen-bond donors (Lipinski definition) is 1. The maximum atomic E-state index is 13.3. The molecule has 0 spiro atoms. The fourth-order valence-electron chi connectivity index (χ4n) is 1.49. The predicted octanol–water partition coefficient (Wildman–Crippen LogP) is 1.66. The van der Waals surface area contributed by atoms with Crippen molar-refractivity contribution < 1.29 is 8.78 Å². The number of benzene rings is 1. The molecule has 0 aliphatic rings. The van der Waals surface area contributed by atoms with Crippen molar-refractivity contribution in [1.29, 1.82) is 0 Å². The van der Waals surface area contributed by atoms with Gasteiger partial charge >= 0.3 is 0 Å². The molecule has 1 N–H and O–H groups in total. The van der Waals surface area contributed by atoms with Gasteiger partial charge in [-0.15, -0.1) is 0 Å². The summed E-state index contributed by atoms with van der Waals surface area (Å²) >= 11 is 0. The monoisotopic (exact) mass is 228 g/mol. The van der Waals surface area contributed by atoms with E-state index in [4.69, 9.17) is 0 Å². The highest BCUT2D eigenvalue weighted by Gasteiger charge is 2.08. The molecule has 16 heavy (non-hydrogen) atoms. The zero-order valence-corrected chi connectivity index (χ0v) is 9.76. The molecule has 0 amide bonds. The molecule has 4 heteroatoms. The molecular weight excluding hydrogens is 210 g/mol. The molecule has 90 valence electrons. The van der Waals surface area contributed by atoms with Gasteiger partial charge in [-0.1, -0.05) is 6.07 Å². The molecule has 0 radical (unpaired) electrons. The van der Waals surface area contributed by atoms with Gasteiger partial charge in [-0.05, 0) is 32.6 Å². The van der Waals surface area contributed by atoms with Gasteiger partial charge < -0.3 is 10.2 Å². The molecule has 1 rings (SSSR count). The highest BCUT2D eigenvalue weighted by Crippen LogP contribution is 2.12. The Morgan fingerprint density at radius 3 is 2.38 bits per heavy atom. The zero-order valence-electron chi connectivity index (χ0n) is 9.76. The van der Waals surface area contributed by atoms with Crippen LogP contribution in [0.5, 0.6) is 0 Å². The third-order valence-corrected chi connectivity index (χ3v) is 2.55. The van der Waals surface area contributed by atoms with Crippen molar-refractivity contribution in [2.75, 3.05) is 33.7 Å². The number of nitrogens with one attached hydrogen (secondary N) is 1. The molecule has 2 nitrogen and oxygen atoms in total. The maximum absolute atomic E-state index is 13.3. The van der Waals surface area contributed by atoms with E-state index in [-0.39, 0.29) is 5.56 Å². The largest absolute Gasteiger partial charge is 0.318 e. The highest BCUT2D eigenvalue weighted by molar-refractivity contribution is 5.19. The van der Waals surface area contributed by atoms with Crippen LogP contribution in [0.15, 0.2) is 18.2 Å². The van der Waals surface area contributed by atoms with Crippen molar-refractivity contribution in [2.45, 2.75) is 6.42 Å². The normalized spacial score (nSPS) is 11.1. The molecule has 0 heterocycles. The van der Waals surface area contributed by atoms with Crippen LogP contribution >= 0.6 is 0 Å². The van der Waals surface area contributed by atoms with Crippen LogP contribution < -0.4 is 5.32 Å². The standard InChI is InChI=1S/C12H18F2N2/c1-15-7-9-16(2)8-6-10-11(13)4-3-5-12(10)14/h3-5,15H,6-9H2,1-2H3. The topological polar surface area (TPSA) is 15.3 Å². The number of likely N-dealkylation sites (N-methyl/N-ethyl adjacent to an activating group) is 2. The lowest BCUT2D eigenvalue weighted by molar-refractivity contribution is 0.335. The summed E-state index contributed by atoms with van der Waals surface area (Å²) in [7, 11) is 3.82. The van der Waals surface area contributed by atoms with Gasteiger partial charge in [-0.3, -0.25) is 0 Å². The Bertz CT molecular complexity index is 309. The summed E-state index contributed by atoms with van der Waals surface area (Å²) in [5.41, 5.74) is 0.179. The average molecular weight is 228 g/mol. The first-order chi connectivity index (χ1) is 7.65. The van der Waals surface area contributed by atoms with Gasteiger partial charge in [0, 0.05) is 25.2 Å². The van der Waals surface area contributed by atoms with E-state index < -0.39 is 11.6 Å². The van der Waals surface area contributed by atoms with Crippen molar-refractivity contribution >= 4 is 0 Å². The second-order valence-electron chi connectivity index (χ2n) is 3.86. The summed E-state index contributed by atoms with van der Waals surface area (Å²) < 4.78 is 26.6. The first-order valence-corrected chi connectivity index (χ1v) is 5.41. The molecule has 1 aromatic rings. The Hall–Kier alpha value is -1.00. The molecule has 0 unspecified atom stereocenters. The minimum Gasteiger partial charge on any atom is -0.318 e. The van der Waals surface area contributed by atoms with Gasteiger partial charge in [0.1, 0.15) is 11.6 Å². The van der Waals surface area contributed by atoms with Crippen molar-refractivity contribution in [3.8, 4) is 0 Å². The number of nitrogens with zero attached hydrogens (tertiary/aromatic N) is 1. The third-order valence-electron chi connectivity index (χ3n) is 2.55. The van der Waals surface area contributed by atoms with E-state index in [9.17, 15) is 8.78 Å². The van der Waals surface area contributed by atoms with Crippen LogP contribution in [-0.2, 0) is 6.42 Å². The van der Waals surface area contributed by atoms with Crippen molar-refractivity contribution in [3.05, 3.63) is 35.4 Å². The summed E-state index contributed by atoms with van der Waals surface area (Å²) in [4.78, 5) is 2.04. The van der Waals surface area contributed by atoms with Gasteiger partial charge in [-0.25, -0.2) is 8.78 Å². The van der Waals surface area contributed by atoms with Crippen LogP contribution in [0.1, 0.15) is 5.56 Å². The molecule has 0 atom stereocenters. The van der Waals surface area contributed by atoms with E-state index in [2.05, 4.69) is 5.32 Å². The number of rotatable bonds is 6. The molecule has 0 fully saturated rings. The minimum absolute atomic E-state index is 0.179. The van der Waals surface area contributed by atoms with Crippen LogP contribution in [0, 0.1) is 11.6 Å². The Morgan fingerprint density at radius 2 is 1.81 bits per heavy atom. The fourth-order valence-corrected chi connectivity index (χ4v) is 1.49. The number of hydrogen-bond acceptors (Lipinski definition) is 2. The van der Waals surface area contributed by atoms with Crippen LogP contribution in [0.3, 0.4) is 0 Å². The molecule has 1 aromatic carbocycles. The Kier molecular flexibility index (Phi) is 5.35. The van der Waals surface area contributed by atoms with E-state index in [1.54, 1.807) is 0 Å². The van der Waals surface area contributed by atoms with Gasteiger partial charge in [0.15, 0.2) is 0 Å². The average Bonchev–Trinajstić information content (AvgIpc) is 2.25. The van der Waals surface area contributed by atoms with Gasteiger partial charge in [0.2, 0.25) is 0 Å². The molecule has 0 aliphatic carbocycles. The van der Waals surface area contributed by atoms with E-state index in [0.717, 1.165) is 13.1 Å². The summed E-state index contributed by atoms with van der Waals surface area (Å²) in [6, 6.07) is 3.98. The zero-order chi connectivity index (χ0) is 12.0. The molecule has 0 saturated carbocycles. The van der Waals surface area contributed by atoms with Crippen LogP contribution in [0.2, 0.25) is 0 Å². The van der Waals surface area contributed by atoms with Crippen LogP contribution in [0.4, 0.5) is 8.78 Å². The number of halogens is 2. The third kappa shape index (κ3) is 3.87. The molecule has 0 bridgehead atoms. The van der Waals surface area contributed by atoms with Crippen molar-refractivity contribution in [2.24, 2.45) is 0 Å². The van der Waals surface area contributed by atoms with E-state index in [1.807, 2.05) is 19.0 Å². The van der Waals surface area contributed by atoms with Gasteiger partial charge in [0.25, 0.3) is 0 Å². The van der Waals surface area contributed by atoms with Crippen molar-refractivity contribution in [3.63, 3.8) is 0 Å². The summed E-state index contributed by atoms with van der Waals surface area (Å²) in [5.74, 6) is -0.913. The summed E-state index contributed by atoms with van der Waals surface area (Å²) in [5, 5.41) is 3.03. The summed E-state index contributed by atoms with van der Waals surface area (Å²) in [6.07, 6.45) is 0.402. The maximum Gasteiger partial charge on any atom is 0.129 e. The lowest BCUT2D eigenvalue weighted by Gasteiger charge is -2.16. The van der Waals surface area contributed by atoms with Gasteiger partial charge in [-0.2, -0.15) is 0 Å². The van der Waals surface area contributed by atoms with E-state index >= 15 is 0 Å². The van der Waals surface area contributed by atoms with Crippen molar-refractivity contribution in [1.82, 2.24) is 10.2 Å². The second kappa shape index (κ2) is 6.55. The van der Waals surface area contributed by atoms with Gasteiger partial charge in [0.05, 0.1) is 0 Å².